The number of nitrogens with zero attached hydrogens (tertiary/aromatic N) is 3. The molecule has 10 heteroatoms. The number of hydrogen-bond acceptors (Lipinski definition) is 4. The highest BCUT2D eigenvalue weighted by molar-refractivity contribution is 7.89. The molecule has 0 spiro atoms. The third-order valence-electron chi connectivity index (χ3n) is 4.86. The van der Waals surface area contributed by atoms with Crippen molar-refractivity contribution in [2.24, 2.45) is 12.0 Å². The van der Waals surface area contributed by atoms with E-state index in [-0.39, 0.29) is 4.90 Å². The van der Waals surface area contributed by atoms with Gasteiger partial charge in [0.1, 0.15) is 0 Å². The van der Waals surface area contributed by atoms with Gasteiger partial charge in [0.15, 0.2) is 4.80 Å². The summed E-state index contributed by atoms with van der Waals surface area (Å²) >= 11 is 13.7. The van der Waals surface area contributed by atoms with Crippen LogP contribution in [0.2, 0.25) is 10.0 Å². The maximum atomic E-state index is 12.6. The summed E-state index contributed by atoms with van der Waals surface area (Å²) in [6.45, 7) is 1.07. The van der Waals surface area contributed by atoms with E-state index in [4.69, 9.17) is 23.2 Å². The normalized spacial score (nSPS) is 16.0. The van der Waals surface area contributed by atoms with Gasteiger partial charge in [-0.05, 0) is 49.2 Å². The molecule has 4 rings (SSSR count). The van der Waals surface area contributed by atoms with Crippen LogP contribution in [0, 0.1) is 0 Å². The van der Waals surface area contributed by atoms with Crippen molar-refractivity contribution < 1.29 is 13.2 Å². The quantitative estimate of drug-likeness (QED) is 0.580. The lowest BCUT2D eigenvalue weighted by atomic mass is 10.2. The molecule has 1 aliphatic heterocycles. The highest BCUT2D eigenvalue weighted by Crippen LogP contribution is 2.31. The van der Waals surface area contributed by atoms with Crippen molar-refractivity contribution in [2.75, 3.05) is 13.1 Å². The molecule has 0 bridgehead atoms. The van der Waals surface area contributed by atoms with Crippen molar-refractivity contribution >= 4 is 60.7 Å². The smallest absolute Gasteiger partial charge is 0.279 e. The Labute approximate surface area is 182 Å². The molecule has 2 heterocycles. The van der Waals surface area contributed by atoms with Gasteiger partial charge in [-0.3, -0.25) is 4.79 Å². The lowest BCUT2D eigenvalue weighted by Gasteiger charge is -2.15. The monoisotopic (exact) mass is 469 g/mol. The zero-order valence-electron chi connectivity index (χ0n) is 15.4. The zero-order chi connectivity index (χ0) is 20.8. The second-order valence-corrected chi connectivity index (χ2v) is 10.4. The molecule has 0 atom stereocenters. The first-order chi connectivity index (χ1) is 13.8. The van der Waals surface area contributed by atoms with Gasteiger partial charge in [0, 0.05) is 25.7 Å². The number of rotatable bonds is 3. The Morgan fingerprint density at radius 3 is 2.38 bits per heavy atom. The number of aryl methyl sites for hydroxylation is 1. The van der Waals surface area contributed by atoms with Gasteiger partial charge in [-0.1, -0.05) is 34.5 Å². The van der Waals surface area contributed by atoms with E-state index in [0.717, 1.165) is 17.5 Å². The largest absolute Gasteiger partial charge is 0.318 e. The van der Waals surface area contributed by atoms with Crippen LogP contribution in [0.1, 0.15) is 23.2 Å². The van der Waals surface area contributed by atoms with Crippen molar-refractivity contribution in [3.05, 3.63) is 56.8 Å². The molecular formula is C19H17Cl2N3O3S2. The van der Waals surface area contributed by atoms with E-state index < -0.39 is 15.9 Å². The fourth-order valence-corrected chi connectivity index (χ4v) is 6.32. The number of thiazole rings is 1. The summed E-state index contributed by atoms with van der Waals surface area (Å²) in [7, 11) is -1.75. The number of fused-ring (bicyclic) bond motifs is 1. The predicted octanol–water partition coefficient (Wildman–Crippen LogP) is 4.07. The van der Waals surface area contributed by atoms with Crippen molar-refractivity contribution in [1.29, 1.82) is 0 Å². The molecule has 1 saturated heterocycles. The fourth-order valence-electron chi connectivity index (χ4n) is 3.28. The Balaban J connectivity index is 1.66. The number of carbonyl (C=O) groups is 1. The van der Waals surface area contributed by atoms with Gasteiger partial charge in [-0.15, -0.1) is 0 Å². The fraction of sp³-hybridized carbons (Fsp3) is 0.263. The SMILES string of the molecule is Cn1c(=NC(=O)c2ccc(S(=O)(=O)N3CCCC3)cc2)sc2ccc(Cl)c(Cl)c21. The number of carbonyl (C=O) groups excluding carboxylic acids is 1. The first kappa shape index (κ1) is 20.6. The molecule has 3 aromatic rings. The second kappa shape index (κ2) is 7.85. The molecule has 152 valence electrons. The minimum absolute atomic E-state index is 0.185. The lowest BCUT2D eigenvalue weighted by Crippen LogP contribution is -2.27. The summed E-state index contributed by atoms with van der Waals surface area (Å²) in [4.78, 5) is 17.5. The molecule has 0 radical (unpaired) electrons. The van der Waals surface area contributed by atoms with Crippen LogP contribution in [0.5, 0.6) is 0 Å². The number of hydrogen-bond donors (Lipinski definition) is 0. The molecule has 1 aromatic heterocycles. The average Bonchev–Trinajstić information content (AvgIpc) is 3.35. The minimum Gasteiger partial charge on any atom is -0.318 e. The van der Waals surface area contributed by atoms with E-state index in [1.54, 1.807) is 17.7 Å². The number of halogens is 2. The summed E-state index contributed by atoms with van der Waals surface area (Å²) in [5, 5.41) is 0.841. The number of amides is 1. The highest BCUT2D eigenvalue weighted by Gasteiger charge is 2.27. The third kappa shape index (κ3) is 3.75. The molecule has 29 heavy (non-hydrogen) atoms. The van der Waals surface area contributed by atoms with Gasteiger partial charge in [0.25, 0.3) is 5.91 Å². The molecule has 0 unspecified atom stereocenters. The van der Waals surface area contributed by atoms with Crippen LogP contribution in [0.3, 0.4) is 0 Å². The van der Waals surface area contributed by atoms with Crippen molar-refractivity contribution in [3.63, 3.8) is 0 Å². The molecule has 1 aliphatic rings. The molecule has 0 N–H and O–H groups in total. The number of aromatic nitrogens is 1. The summed E-state index contributed by atoms with van der Waals surface area (Å²) < 4.78 is 29.3. The first-order valence-electron chi connectivity index (χ1n) is 8.92. The molecule has 1 fully saturated rings. The second-order valence-electron chi connectivity index (χ2n) is 6.70. The topological polar surface area (TPSA) is 71.7 Å². The third-order valence-corrected chi connectivity index (χ3v) is 8.66. The molecule has 0 aliphatic carbocycles. The van der Waals surface area contributed by atoms with Crippen LogP contribution < -0.4 is 4.80 Å². The van der Waals surface area contributed by atoms with Gasteiger partial charge in [0.05, 0.1) is 25.2 Å². The lowest BCUT2D eigenvalue weighted by molar-refractivity contribution is 0.0998. The van der Waals surface area contributed by atoms with E-state index in [1.807, 2.05) is 6.07 Å². The Kier molecular flexibility index (Phi) is 5.56. The molecular weight excluding hydrogens is 453 g/mol. The molecule has 6 nitrogen and oxygen atoms in total. The highest BCUT2D eigenvalue weighted by atomic mass is 35.5. The van der Waals surface area contributed by atoms with Crippen LogP contribution in [0.4, 0.5) is 0 Å². The van der Waals surface area contributed by atoms with Crippen molar-refractivity contribution in [1.82, 2.24) is 8.87 Å². The molecule has 1 amide bonds. The minimum atomic E-state index is -3.51. The van der Waals surface area contributed by atoms with E-state index in [1.165, 1.54) is 39.9 Å². The van der Waals surface area contributed by atoms with Crippen molar-refractivity contribution in [2.45, 2.75) is 17.7 Å². The van der Waals surface area contributed by atoms with Gasteiger partial charge < -0.3 is 4.57 Å². The maximum Gasteiger partial charge on any atom is 0.279 e. The standard InChI is InChI=1S/C19H17Cl2N3O3S2/c1-23-17-15(9-8-14(20)16(17)21)28-19(23)22-18(25)12-4-6-13(7-5-12)29(26,27)24-10-2-3-11-24/h4-9H,2-3,10-11H2,1H3. The van der Waals surface area contributed by atoms with Gasteiger partial charge >= 0.3 is 0 Å². The summed E-state index contributed by atoms with van der Waals surface area (Å²) in [5.41, 5.74) is 1.02. The van der Waals surface area contributed by atoms with Gasteiger partial charge in [-0.25, -0.2) is 8.42 Å². The Bertz CT molecular complexity index is 1270. The Morgan fingerprint density at radius 1 is 1.07 bits per heavy atom. The molecule has 0 saturated carbocycles. The predicted molar refractivity (Wildman–Crippen MR) is 115 cm³/mol. The number of sulfonamides is 1. The average molecular weight is 470 g/mol. The van der Waals surface area contributed by atoms with Gasteiger partial charge in [-0.2, -0.15) is 9.30 Å². The summed E-state index contributed by atoms with van der Waals surface area (Å²) in [6, 6.07) is 9.43. The van der Waals surface area contributed by atoms with Crippen LogP contribution >= 0.6 is 34.5 Å². The van der Waals surface area contributed by atoms with E-state index in [9.17, 15) is 13.2 Å². The van der Waals surface area contributed by atoms with E-state index >= 15 is 0 Å². The maximum absolute atomic E-state index is 12.6. The Morgan fingerprint density at radius 2 is 1.72 bits per heavy atom. The first-order valence-corrected chi connectivity index (χ1v) is 11.9. The van der Waals surface area contributed by atoms with Crippen LogP contribution in [-0.2, 0) is 17.1 Å². The summed E-state index contributed by atoms with van der Waals surface area (Å²) in [5.74, 6) is -0.459. The zero-order valence-corrected chi connectivity index (χ0v) is 18.6. The van der Waals surface area contributed by atoms with Crippen molar-refractivity contribution in [3.8, 4) is 0 Å². The summed E-state index contributed by atoms with van der Waals surface area (Å²) in [6.07, 6.45) is 1.74. The van der Waals surface area contributed by atoms with Crippen LogP contribution in [-0.4, -0.2) is 36.3 Å². The van der Waals surface area contributed by atoms with Crippen LogP contribution in [0.25, 0.3) is 10.2 Å². The van der Waals surface area contributed by atoms with E-state index in [0.29, 0.717) is 39.0 Å². The molecule has 2 aromatic carbocycles. The van der Waals surface area contributed by atoms with E-state index in [2.05, 4.69) is 4.99 Å². The van der Waals surface area contributed by atoms with Gasteiger partial charge in [0.2, 0.25) is 10.0 Å². The Hall–Kier alpha value is -1.71. The van der Waals surface area contributed by atoms with Crippen LogP contribution in [0.15, 0.2) is 46.3 Å². The number of benzene rings is 2.